The summed E-state index contributed by atoms with van der Waals surface area (Å²) in [4.78, 5) is 20.8. The number of nitrogens with one attached hydrogen (secondary N) is 3. The van der Waals surface area contributed by atoms with E-state index in [1.807, 2.05) is 24.3 Å². The van der Waals surface area contributed by atoms with Gasteiger partial charge in [-0.25, -0.2) is 4.98 Å². The second-order valence-corrected chi connectivity index (χ2v) is 6.39. The molecule has 1 aromatic heterocycles. The first kappa shape index (κ1) is 15.9. The number of fused-ring (bicyclic) bond motifs is 1. The quantitative estimate of drug-likeness (QED) is 0.552. The molecule has 1 atom stereocenters. The van der Waals surface area contributed by atoms with Gasteiger partial charge in [0.2, 0.25) is 5.91 Å². The number of benzene rings is 1. The second-order valence-electron chi connectivity index (χ2n) is 5.22. The Morgan fingerprint density at radius 2 is 2.26 bits per heavy atom. The fraction of sp³-hybridized carbons (Fsp3) is 0.375. The molecule has 0 saturated carbocycles. The van der Waals surface area contributed by atoms with Gasteiger partial charge in [-0.2, -0.15) is 0 Å². The number of H-pyrrole nitrogens is 1. The Morgan fingerprint density at radius 1 is 1.43 bits per heavy atom. The number of aromatic amines is 1. The lowest BCUT2D eigenvalue weighted by molar-refractivity contribution is -0.123. The van der Waals surface area contributed by atoms with Gasteiger partial charge in [-0.05, 0) is 24.3 Å². The number of imidazole rings is 1. The molecule has 1 aromatic carbocycles. The maximum absolute atomic E-state index is 12.3. The highest BCUT2D eigenvalue weighted by Gasteiger charge is 2.27. The molecule has 0 spiro atoms. The maximum atomic E-state index is 12.3. The highest BCUT2D eigenvalue weighted by molar-refractivity contribution is 7.99. The van der Waals surface area contributed by atoms with Gasteiger partial charge in [-0.1, -0.05) is 0 Å². The Labute approximate surface area is 139 Å². The number of ether oxygens (including phenoxy) is 1. The Hall–Kier alpha value is -1.99. The molecule has 1 aliphatic rings. The minimum Gasteiger partial charge on any atom is -0.497 e. The molecule has 1 unspecified atom stereocenters. The average molecular weight is 332 g/mol. The number of nitrogens with zero attached hydrogens (tertiary/aromatic N) is 1. The molecule has 6 nitrogen and oxygen atoms in total. The molecule has 0 fully saturated rings. The van der Waals surface area contributed by atoms with Gasteiger partial charge in [0.05, 0.1) is 19.1 Å². The molecule has 23 heavy (non-hydrogen) atoms. The number of aromatic nitrogens is 2. The summed E-state index contributed by atoms with van der Waals surface area (Å²) in [6, 6.07) is 7.56. The van der Waals surface area contributed by atoms with E-state index in [-0.39, 0.29) is 11.9 Å². The summed E-state index contributed by atoms with van der Waals surface area (Å²) in [5.41, 5.74) is 1.87. The van der Waals surface area contributed by atoms with Crippen molar-refractivity contribution in [3.63, 3.8) is 0 Å². The van der Waals surface area contributed by atoms with Crippen LogP contribution >= 0.6 is 11.8 Å². The molecule has 0 aliphatic carbocycles. The van der Waals surface area contributed by atoms with E-state index >= 15 is 0 Å². The summed E-state index contributed by atoms with van der Waals surface area (Å²) in [6.45, 7) is 1.40. The van der Waals surface area contributed by atoms with E-state index in [1.54, 1.807) is 25.2 Å². The van der Waals surface area contributed by atoms with Crippen LogP contribution < -0.4 is 15.4 Å². The van der Waals surface area contributed by atoms with Gasteiger partial charge in [-0.15, -0.1) is 11.8 Å². The third-order valence-corrected chi connectivity index (χ3v) is 4.75. The van der Waals surface area contributed by atoms with Crippen LogP contribution in [0.2, 0.25) is 0 Å². The SMILES string of the molecule is COc1ccc(SCCNC(=O)C2NCCc3[nH]cnc32)cc1. The number of rotatable bonds is 6. The minimum absolute atomic E-state index is 0.0200. The number of hydrogen-bond acceptors (Lipinski definition) is 5. The van der Waals surface area contributed by atoms with Gasteiger partial charge >= 0.3 is 0 Å². The van der Waals surface area contributed by atoms with Crippen molar-refractivity contribution in [3.8, 4) is 5.75 Å². The van der Waals surface area contributed by atoms with E-state index in [1.165, 1.54) is 0 Å². The van der Waals surface area contributed by atoms with Crippen molar-refractivity contribution in [1.82, 2.24) is 20.6 Å². The van der Waals surface area contributed by atoms with Crippen molar-refractivity contribution >= 4 is 17.7 Å². The lowest BCUT2D eigenvalue weighted by Gasteiger charge is -2.22. The van der Waals surface area contributed by atoms with Crippen molar-refractivity contribution in [3.05, 3.63) is 42.0 Å². The van der Waals surface area contributed by atoms with Crippen molar-refractivity contribution in [1.29, 1.82) is 0 Å². The van der Waals surface area contributed by atoms with Crippen LogP contribution in [0.1, 0.15) is 17.4 Å². The number of hydrogen-bond donors (Lipinski definition) is 3. The molecule has 0 saturated heterocycles. The van der Waals surface area contributed by atoms with Gasteiger partial charge in [0.15, 0.2) is 0 Å². The van der Waals surface area contributed by atoms with E-state index in [4.69, 9.17) is 4.74 Å². The molecule has 0 bridgehead atoms. The van der Waals surface area contributed by atoms with Gasteiger partial charge in [0, 0.05) is 35.9 Å². The molecular formula is C16H20N4O2S. The van der Waals surface area contributed by atoms with Crippen LogP contribution in [0, 0.1) is 0 Å². The summed E-state index contributed by atoms with van der Waals surface area (Å²) in [5, 5.41) is 6.19. The summed E-state index contributed by atoms with van der Waals surface area (Å²) in [7, 11) is 1.65. The Morgan fingerprint density at radius 3 is 3.04 bits per heavy atom. The normalized spacial score (nSPS) is 16.7. The van der Waals surface area contributed by atoms with Crippen molar-refractivity contribution < 1.29 is 9.53 Å². The second kappa shape index (κ2) is 7.52. The first-order valence-corrected chi connectivity index (χ1v) is 8.56. The van der Waals surface area contributed by atoms with Crippen LogP contribution in [0.3, 0.4) is 0 Å². The topological polar surface area (TPSA) is 79.0 Å². The summed E-state index contributed by atoms with van der Waals surface area (Å²) >= 11 is 1.70. The predicted octanol–water partition coefficient (Wildman–Crippen LogP) is 1.51. The van der Waals surface area contributed by atoms with Crippen LogP contribution in [0.4, 0.5) is 0 Å². The Balaban J connectivity index is 1.45. The van der Waals surface area contributed by atoms with Crippen LogP contribution in [0.25, 0.3) is 0 Å². The van der Waals surface area contributed by atoms with E-state index in [9.17, 15) is 4.79 Å². The molecule has 3 rings (SSSR count). The van der Waals surface area contributed by atoms with Crippen molar-refractivity contribution in [2.24, 2.45) is 0 Å². The summed E-state index contributed by atoms with van der Waals surface area (Å²) in [6.07, 6.45) is 2.53. The van der Waals surface area contributed by atoms with Gasteiger partial charge in [0.25, 0.3) is 0 Å². The molecule has 7 heteroatoms. The molecule has 1 amide bonds. The minimum atomic E-state index is -0.351. The number of methoxy groups -OCH3 is 1. The molecule has 2 heterocycles. The van der Waals surface area contributed by atoms with Crippen molar-refractivity contribution in [2.75, 3.05) is 26.0 Å². The lowest BCUT2D eigenvalue weighted by atomic mass is 10.1. The number of thioether (sulfide) groups is 1. The summed E-state index contributed by atoms with van der Waals surface area (Å²) in [5.74, 6) is 1.65. The fourth-order valence-corrected chi connectivity index (χ4v) is 3.32. The smallest absolute Gasteiger partial charge is 0.243 e. The molecule has 3 N–H and O–H groups in total. The van der Waals surface area contributed by atoms with E-state index in [0.29, 0.717) is 6.54 Å². The van der Waals surface area contributed by atoms with Gasteiger partial charge in [0.1, 0.15) is 11.8 Å². The third kappa shape index (κ3) is 3.86. The molecule has 2 aromatic rings. The standard InChI is InChI=1S/C16H20N4O2S/c1-22-11-2-4-12(5-3-11)23-9-8-18-16(21)15-14-13(6-7-17-15)19-10-20-14/h2-5,10,15,17H,6-9H2,1H3,(H,18,21)(H,19,20). The van der Waals surface area contributed by atoms with Crippen LogP contribution in [-0.2, 0) is 11.2 Å². The molecular weight excluding hydrogens is 312 g/mol. The van der Waals surface area contributed by atoms with Crippen LogP contribution in [0.5, 0.6) is 5.75 Å². The zero-order valence-electron chi connectivity index (χ0n) is 13.0. The number of amides is 1. The van der Waals surface area contributed by atoms with Crippen LogP contribution in [-0.4, -0.2) is 41.8 Å². The zero-order chi connectivity index (χ0) is 16.1. The fourth-order valence-electron chi connectivity index (χ4n) is 2.55. The highest BCUT2D eigenvalue weighted by atomic mass is 32.2. The monoisotopic (exact) mass is 332 g/mol. The molecule has 0 radical (unpaired) electrons. The average Bonchev–Trinajstić information content (AvgIpc) is 3.07. The Kier molecular flexibility index (Phi) is 5.19. The van der Waals surface area contributed by atoms with E-state index < -0.39 is 0 Å². The van der Waals surface area contributed by atoms with E-state index in [2.05, 4.69) is 20.6 Å². The Bertz CT molecular complexity index is 656. The summed E-state index contributed by atoms with van der Waals surface area (Å²) < 4.78 is 5.13. The number of carbonyl (C=O) groups is 1. The van der Waals surface area contributed by atoms with Crippen LogP contribution in [0.15, 0.2) is 35.5 Å². The first-order chi connectivity index (χ1) is 11.3. The molecule has 122 valence electrons. The maximum Gasteiger partial charge on any atom is 0.243 e. The largest absolute Gasteiger partial charge is 0.497 e. The van der Waals surface area contributed by atoms with Gasteiger partial charge in [-0.3, -0.25) is 4.79 Å². The van der Waals surface area contributed by atoms with Gasteiger partial charge < -0.3 is 20.4 Å². The predicted molar refractivity (Wildman–Crippen MR) is 89.8 cm³/mol. The zero-order valence-corrected chi connectivity index (χ0v) is 13.8. The van der Waals surface area contributed by atoms with Crippen molar-refractivity contribution in [2.45, 2.75) is 17.4 Å². The third-order valence-electron chi connectivity index (χ3n) is 3.74. The lowest BCUT2D eigenvalue weighted by Crippen LogP contribution is -2.42. The molecule has 1 aliphatic heterocycles. The highest BCUT2D eigenvalue weighted by Crippen LogP contribution is 2.21. The first-order valence-electron chi connectivity index (χ1n) is 7.58. The number of carbonyl (C=O) groups excluding carboxylic acids is 1. The van der Waals surface area contributed by atoms with E-state index in [0.717, 1.165) is 40.8 Å².